The molecular weight excluding hydrogens is 471 g/mol. The van der Waals surface area contributed by atoms with E-state index in [1.165, 1.54) is 21.0 Å². The lowest BCUT2D eigenvalue weighted by atomic mass is 10.0. The Morgan fingerprint density at radius 3 is 2.00 bits per heavy atom. The predicted octanol–water partition coefficient (Wildman–Crippen LogP) is 3.05. The van der Waals surface area contributed by atoms with Crippen molar-refractivity contribution < 1.29 is 33.0 Å². The fraction of sp³-hybridized carbons (Fsp3) is 0.882. The van der Waals surface area contributed by atoms with Gasteiger partial charge in [-0.2, -0.15) is 0 Å². The fourth-order valence-electron chi connectivity index (χ4n) is 2.34. The average Bonchev–Trinajstić information content (AvgIpc) is 2.48. The molecule has 152 valence electrons. The first-order chi connectivity index (χ1) is 11.8. The predicted molar refractivity (Wildman–Crippen MR) is 108 cm³/mol. The Morgan fingerprint density at radius 1 is 1.08 bits per heavy atom. The molecule has 1 saturated heterocycles. The third kappa shape index (κ3) is 6.15. The molecule has 1 heterocycles. The van der Waals surface area contributed by atoms with Crippen LogP contribution in [0.3, 0.4) is 0 Å². The van der Waals surface area contributed by atoms with Gasteiger partial charge in [0.2, 0.25) is 0 Å². The molecule has 9 heteroatoms. The first kappa shape index (κ1) is 23.8. The van der Waals surface area contributed by atoms with Crippen LogP contribution in [0.4, 0.5) is 0 Å². The summed E-state index contributed by atoms with van der Waals surface area (Å²) in [5, 5.41) is 0.0681. The smallest absolute Gasteiger partial charge is 0.303 e. The van der Waals surface area contributed by atoms with Crippen LogP contribution >= 0.6 is 22.6 Å². The third-order valence-electron chi connectivity index (χ3n) is 4.82. The molecule has 7 nitrogen and oxygen atoms in total. The summed E-state index contributed by atoms with van der Waals surface area (Å²) in [6.07, 6.45) is -2.69. The van der Waals surface area contributed by atoms with E-state index >= 15 is 0 Å². The van der Waals surface area contributed by atoms with E-state index in [1.807, 2.05) is 0 Å². The molecule has 0 saturated carbocycles. The third-order valence-corrected chi connectivity index (χ3v) is 10.8. The molecule has 0 N–H and O–H groups in total. The second kappa shape index (κ2) is 9.31. The molecule has 0 spiro atoms. The molecule has 26 heavy (non-hydrogen) atoms. The number of hydrogen-bond donors (Lipinski definition) is 0. The zero-order valence-corrected chi connectivity index (χ0v) is 20.0. The van der Waals surface area contributed by atoms with E-state index in [9.17, 15) is 9.59 Å². The van der Waals surface area contributed by atoms with Crippen molar-refractivity contribution in [2.75, 3.05) is 13.7 Å². The van der Waals surface area contributed by atoms with E-state index in [0.29, 0.717) is 6.61 Å². The van der Waals surface area contributed by atoms with Crippen molar-refractivity contribution in [2.24, 2.45) is 0 Å². The summed E-state index contributed by atoms with van der Waals surface area (Å²) in [5.41, 5.74) is 0. The van der Waals surface area contributed by atoms with Gasteiger partial charge in [-0.25, -0.2) is 0 Å². The molecule has 0 bridgehead atoms. The van der Waals surface area contributed by atoms with Crippen molar-refractivity contribution in [3.63, 3.8) is 0 Å². The summed E-state index contributed by atoms with van der Waals surface area (Å²) < 4.78 is 28.1. The maximum atomic E-state index is 11.6. The number of ether oxygens (including phenoxy) is 4. The molecule has 0 radical (unpaired) electrons. The Balaban J connectivity index is 2.98. The SMILES string of the molecule is CO[C@@H]1O[C@H](CO[Si](C)(C)C(C)(C)C)[C@@H](I)[C@H](OC(C)=O)[C@H]1OC(C)=O. The van der Waals surface area contributed by atoms with Crippen LogP contribution in [0.5, 0.6) is 0 Å². The topological polar surface area (TPSA) is 80.3 Å². The lowest BCUT2D eigenvalue weighted by Crippen LogP contribution is -2.60. The number of alkyl halides is 1. The van der Waals surface area contributed by atoms with Gasteiger partial charge in [0.25, 0.3) is 0 Å². The molecule has 1 aliphatic heterocycles. The van der Waals surface area contributed by atoms with Gasteiger partial charge in [-0.05, 0) is 18.1 Å². The number of hydrogen-bond acceptors (Lipinski definition) is 7. The van der Waals surface area contributed by atoms with Crippen LogP contribution < -0.4 is 0 Å². The zero-order valence-electron chi connectivity index (χ0n) is 16.8. The van der Waals surface area contributed by atoms with Crippen LogP contribution in [0.2, 0.25) is 18.1 Å². The molecular formula is C17H31IO7Si. The summed E-state index contributed by atoms with van der Waals surface area (Å²) in [6.45, 7) is 13.8. The highest BCUT2D eigenvalue weighted by molar-refractivity contribution is 14.1. The average molecular weight is 502 g/mol. The minimum atomic E-state index is -1.97. The minimum absolute atomic E-state index is 0.0681. The van der Waals surface area contributed by atoms with Crippen molar-refractivity contribution in [2.45, 2.75) is 81.3 Å². The Kier molecular flexibility index (Phi) is 8.52. The molecule has 0 unspecified atom stereocenters. The van der Waals surface area contributed by atoms with Gasteiger partial charge < -0.3 is 23.4 Å². The van der Waals surface area contributed by atoms with Crippen molar-refractivity contribution in [3.8, 4) is 0 Å². The zero-order chi connectivity index (χ0) is 20.3. The van der Waals surface area contributed by atoms with E-state index < -0.39 is 38.8 Å². The quantitative estimate of drug-likeness (QED) is 0.239. The molecule has 0 aromatic carbocycles. The summed E-state index contributed by atoms with van der Waals surface area (Å²) >= 11 is 2.16. The number of esters is 2. The fourth-order valence-corrected chi connectivity index (χ4v) is 4.29. The van der Waals surface area contributed by atoms with E-state index in [0.717, 1.165) is 0 Å². The van der Waals surface area contributed by atoms with E-state index in [1.54, 1.807) is 0 Å². The van der Waals surface area contributed by atoms with Crippen LogP contribution in [-0.4, -0.2) is 62.5 Å². The standard InChI is InChI=1S/C17H31IO7Si/c1-10(19)23-14-13(18)12(9-22-26(7,8)17(3,4)5)25-16(21-6)15(14)24-11(2)20/h12-16H,9H2,1-8H3/t12-,13-,14+,15-,16-/m1/s1. The summed E-state index contributed by atoms with van der Waals surface area (Å²) in [7, 11) is -0.502. The molecule has 1 aliphatic rings. The summed E-state index contributed by atoms with van der Waals surface area (Å²) in [4.78, 5) is 23.0. The first-order valence-corrected chi connectivity index (χ1v) is 12.8. The molecule has 0 aromatic rings. The van der Waals surface area contributed by atoms with Crippen LogP contribution in [-0.2, 0) is 33.0 Å². The van der Waals surface area contributed by atoms with Crippen LogP contribution in [0.25, 0.3) is 0 Å². The second-order valence-corrected chi connectivity index (χ2v) is 14.2. The van der Waals surface area contributed by atoms with Crippen molar-refractivity contribution in [3.05, 3.63) is 0 Å². The molecule has 0 amide bonds. The maximum absolute atomic E-state index is 11.6. The molecule has 1 rings (SSSR count). The largest absolute Gasteiger partial charge is 0.457 e. The van der Waals surface area contributed by atoms with Gasteiger partial charge in [0, 0.05) is 21.0 Å². The van der Waals surface area contributed by atoms with Gasteiger partial charge >= 0.3 is 11.9 Å². The molecule has 1 fully saturated rings. The van der Waals surface area contributed by atoms with E-state index in [4.69, 9.17) is 23.4 Å². The van der Waals surface area contributed by atoms with Gasteiger partial charge in [0.05, 0.1) is 16.6 Å². The number of rotatable bonds is 6. The van der Waals surface area contributed by atoms with Gasteiger partial charge in [-0.3, -0.25) is 9.59 Å². The van der Waals surface area contributed by atoms with Crippen molar-refractivity contribution in [1.29, 1.82) is 0 Å². The van der Waals surface area contributed by atoms with Gasteiger partial charge in [0.15, 0.2) is 26.8 Å². The number of carbonyl (C=O) groups excluding carboxylic acids is 2. The lowest BCUT2D eigenvalue weighted by molar-refractivity contribution is -0.266. The van der Waals surface area contributed by atoms with E-state index in [-0.39, 0.29) is 15.1 Å². The van der Waals surface area contributed by atoms with Crippen molar-refractivity contribution in [1.82, 2.24) is 0 Å². The van der Waals surface area contributed by atoms with E-state index in [2.05, 4.69) is 56.5 Å². The molecule has 5 atom stereocenters. The Hall–Kier alpha value is -0.233. The highest BCUT2D eigenvalue weighted by Gasteiger charge is 2.50. The highest BCUT2D eigenvalue weighted by atomic mass is 127. The van der Waals surface area contributed by atoms with Crippen LogP contribution in [0.15, 0.2) is 0 Å². The highest BCUT2D eigenvalue weighted by Crippen LogP contribution is 2.38. The molecule has 0 aromatic heterocycles. The maximum Gasteiger partial charge on any atom is 0.303 e. The van der Waals surface area contributed by atoms with Gasteiger partial charge in [-0.1, -0.05) is 43.4 Å². The number of halogens is 1. The van der Waals surface area contributed by atoms with Crippen molar-refractivity contribution >= 4 is 42.8 Å². The number of methoxy groups -OCH3 is 1. The molecule has 0 aliphatic carbocycles. The number of carbonyl (C=O) groups is 2. The van der Waals surface area contributed by atoms with Gasteiger partial charge in [-0.15, -0.1) is 0 Å². The lowest BCUT2D eigenvalue weighted by Gasteiger charge is -2.44. The summed E-state index contributed by atoms with van der Waals surface area (Å²) in [5.74, 6) is -0.938. The Labute approximate surface area is 170 Å². The van der Waals surface area contributed by atoms with Crippen LogP contribution in [0.1, 0.15) is 34.6 Å². The Morgan fingerprint density at radius 2 is 1.58 bits per heavy atom. The Bertz CT molecular complexity index is 506. The van der Waals surface area contributed by atoms with Gasteiger partial charge in [0.1, 0.15) is 0 Å². The second-order valence-electron chi connectivity index (χ2n) is 7.94. The minimum Gasteiger partial charge on any atom is -0.457 e. The monoisotopic (exact) mass is 502 g/mol. The normalized spacial score (nSPS) is 30.0. The summed E-state index contributed by atoms with van der Waals surface area (Å²) in [6, 6.07) is 0. The first-order valence-electron chi connectivity index (χ1n) is 8.61. The van der Waals surface area contributed by atoms with Crippen LogP contribution in [0, 0.1) is 0 Å².